The van der Waals surface area contributed by atoms with Crippen LogP contribution >= 0.6 is 0 Å². The van der Waals surface area contributed by atoms with E-state index in [9.17, 15) is 0 Å². The van der Waals surface area contributed by atoms with E-state index >= 15 is 0 Å². The third-order valence-corrected chi connectivity index (χ3v) is 3.80. The molecule has 0 saturated carbocycles. The molecule has 0 amide bonds. The van der Waals surface area contributed by atoms with Crippen molar-refractivity contribution in [3.63, 3.8) is 0 Å². The molecule has 110 valence electrons. The third-order valence-electron chi connectivity index (χ3n) is 3.80. The van der Waals surface area contributed by atoms with Crippen molar-refractivity contribution in [2.45, 2.75) is 19.3 Å². The van der Waals surface area contributed by atoms with E-state index in [-0.39, 0.29) is 0 Å². The molecule has 1 aliphatic heterocycles. The summed E-state index contributed by atoms with van der Waals surface area (Å²) in [6.45, 7) is 1.94. The summed E-state index contributed by atoms with van der Waals surface area (Å²) in [5.41, 5.74) is 3.81. The van der Waals surface area contributed by atoms with E-state index in [1.54, 1.807) is 12.4 Å². The smallest absolute Gasteiger partial charge is 0.0428 e. The molecule has 0 unspecified atom stereocenters. The zero-order chi connectivity index (χ0) is 15.0. The molecule has 0 saturated heterocycles. The van der Waals surface area contributed by atoms with E-state index < -0.39 is 0 Å². The fraction of sp³-hybridized carbons (Fsp3) is 0.250. The number of hydrogen-bond donors (Lipinski definition) is 0. The van der Waals surface area contributed by atoms with Gasteiger partial charge < -0.3 is 4.90 Å². The average molecular weight is 288 g/mol. The van der Waals surface area contributed by atoms with Crippen LogP contribution in [0.4, 0.5) is 0 Å². The minimum Gasteiger partial charge on any atom is -0.373 e. The van der Waals surface area contributed by atoms with Gasteiger partial charge in [0.15, 0.2) is 0 Å². The van der Waals surface area contributed by atoms with Crippen molar-refractivity contribution in [2.24, 2.45) is 0 Å². The van der Waals surface area contributed by atoms with Crippen molar-refractivity contribution >= 4 is 0 Å². The largest absolute Gasteiger partial charge is 0.373 e. The van der Waals surface area contributed by atoms with Crippen molar-refractivity contribution < 1.29 is 0 Å². The van der Waals surface area contributed by atoms with Gasteiger partial charge in [0.25, 0.3) is 0 Å². The van der Waals surface area contributed by atoms with E-state index in [1.807, 2.05) is 12.1 Å². The number of aromatic nitrogens is 1. The molecule has 0 radical (unpaired) electrons. The van der Waals surface area contributed by atoms with E-state index in [1.165, 1.54) is 11.1 Å². The Balaban J connectivity index is 1.47. The van der Waals surface area contributed by atoms with Gasteiger partial charge in [-0.15, -0.1) is 0 Å². The van der Waals surface area contributed by atoms with Gasteiger partial charge in [-0.3, -0.25) is 4.98 Å². The summed E-state index contributed by atoms with van der Waals surface area (Å²) in [6.07, 6.45) is 20.1. The molecule has 1 aliphatic carbocycles. The summed E-state index contributed by atoms with van der Waals surface area (Å²) >= 11 is 0. The predicted octanol–water partition coefficient (Wildman–Crippen LogP) is 3.86. The van der Waals surface area contributed by atoms with E-state index in [2.05, 4.69) is 58.3 Å². The van der Waals surface area contributed by atoms with Crippen molar-refractivity contribution in [3.8, 4) is 11.8 Å². The molecule has 0 bridgehead atoms. The molecular weight excluding hydrogens is 268 g/mol. The van der Waals surface area contributed by atoms with E-state index in [0.717, 1.165) is 37.9 Å². The monoisotopic (exact) mass is 288 g/mol. The van der Waals surface area contributed by atoms with Crippen LogP contribution in [-0.2, 0) is 0 Å². The highest BCUT2D eigenvalue weighted by atomic mass is 15.1. The summed E-state index contributed by atoms with van der Waals surface area (Å²) in [4.78, 5) is 6.37. The van der Waals surface area contributed by atoms with Gasteiger partial charge in [0, 0.05) is 37.5 Å². The molecule has 2 heterocycles. The van der Waals surface area contributed by atoms with Crippen LogP contribution in [0.5, 0.6) is 0 Å². The minimum absolute atomic E-state index is 0.869. The Bertz CT molecular complexity index is 681. The first kappa shape index (κ1) is 14.4. The second-order valence-electron chi connectivity index (χ2n) is 5.40. The Morgan fingerprint density at radius 1 is 1.23 bits per heavy atom. The molecule has 2 heteroatoms. The van der Waals surface area contributed by atoms with Crippen LogP contribution < -0.4 is 0 Å². The maximum absolute atomic E-state index is 4.06. The maximum atomic E-state index is 4.06. The first-order chi connectivity index (χ1) is 10.9. The molecule has 2 nitrogen and oxygen atoms in total. The van der Waals surface area contributed by atoms with Crippen LogP contribution in [0.25, 0.3) is 0 Å². The van der Waals surface area contributed by atoms with Gasteiger partial charge in [-0.25, -0.2) is 0 Å². The quantitative estimate of drug-likeness (QED) is 0.620. The second-order valence-corrected chi connectivity index (χ2v) is 5.40. The van der Waals surface area contributed by atoms with Gasteiger partial charge in [0.05, 0.1) is 0 Å². The molecule has 22 heavy (non-hydrogen) atoms. The van der Waals surface area contributed by atoms with Crippen LogP contribution in [0.3, 0.4) is 0 Å². The molecule has 0 aromatic carbocycles. The zero-order valence-electron chi connectivity index (χ0n) is 12.7. The normalized spacial score (nSPS) is 16.6. The fourth-order valence-corrected chi connectivity index (χ4v) is 2.57. The maximum Gasteiger partial charge on any atom is 0.0428 e. The lowest BCUT2D eigenvalue weighted by Gasteiger charge is -2.23. The highest BCUT2D eigenvalue weighted by Crippen LogP contribution is 2.22. The van der Waals surface area contributed by atoms with E-state index in [0.29, 0.717) is 0 Å². The molecule has 0 fully saturated rings. The first-order valence-electron chi connectivity index (χ1n) is 7.77. The summed E-state index contributed by atoms with van der Waals surface area (Å²) < 4.78 is 0. The number of rotatable bonds is 3. The Morgan fingerprint density at radius 2 is 2.23 bits per heavy atom. The fourth-order valence-electron chi connectivity index (χ4n) is 2.57. The Kier molecular flexibility index (Phi) is 4.89. The number of nitrogens with zero attached hydrogens (tertiary/aromatic N) is 2. The predicted molar refractivity (Wildman–Crippen MR) is 91.0 cm³/mol. The molecule has 1 aromatic heterocycles. The molecule has 0 atom stereocenters. The number of pyridine rings is 1. The number of hydrogen-bond acceptors (Lipinski definition) is 2. The lowest BCUT2D eigenvalue weighted by Crippen LogP contribution is -2.21. The van der Waals surface area contributed by atoms with Gasteiger partial charge in [-0.2, -0.15) is 0 Å². The molecule has 1 aromatic rings. The van der Waals surface area contributed by atoms with Gasteiger partial charge in [0.1, 0.15) is 0 Å². The van der Waals surface area contributed by atoms with Gasteiger partial charge >= 0.3 is 0 Å². The van der Waals surface area contributed by atoms with Gasteiger partial charge in [-0.05, 0) is 48.4 Å². The highest BCUT2D eigenvalue weighted by Gasteiger charge is 2.08. The molecule has 0 N–H and O–H groups in total. The van der Waals surface area contributed by atoms with Gasteiger partial charge in [-0.1, -0.05) is 36.1 Å². The highest BCUT2D eigenvalue weighted by molar-refractivity contribution is 5.43. The van der Waals surface area contributed by atoms with Gasteiger partial charge in [0.2, 0.25) is 0 Å². The van der Waals surface area contributed by atoms with Crippen LogP contribution in [0.15, 0.2) is 72.3 Å². The topological polar surface area (TPSA) is 16.1 Å². The van der Waals surface area contributed by atoms with Crippen LogP contribution in [0, 0.1) is 11.8 Å². The SMILES string of the molecule is C(#Cc1cccnc1)CCN1C=CC(C2=CCC=CC2)=CC1. The van der Waals surface area contributed by atoms with Crippen molar-refractivity contribution in [3.05, 3.63) is 77.8 Å². The summed E-state index contributed by atoms with van der Waals surface area (Å²) in [5.74, 6) is 6.37. The number of allylic oxidation sites excluding steroid dienone is 6. The lowest BCUT2D eigenvalue weighted by atomic mass is 9.96. The summed E-state index contributed by atoms with van der Waals surface area (Å²) in [6, 6.07) is 3.90. The van der Waals surface area contributed by atoms with Crippen molar-refractivity contribution in [1.29, 1.82) is 0 Å². The lowest BCUT2D eigenvalue weighted by molar-refractivity contribution is 0.420. The molecule has 2 aliphatic rings. The standard InChI is InChI=1S/C20H20N2/c1-2-9-19(10-3-1)20-11-15-22(16-12-20)14-5-4-7-18-8-6-13-21-17-18/h1-2,6,8,10-13,15,17H,3,5,9,14,16H2. The first-order valence-corrected chi connectivity index (χ1v) is 7.77. The van der Waals surface area contributed by atoms with Crippen LogP contribution in [0.2, 0.25) is 0 Å². The summed E-state index contributed by atoms with van der Waals surface area (Å²) in [5, 5.41) is 0. The Hall–Kier alpha value is -2.53. The average Bonchev–Trinajstić information content (AvgIpc) is 2.61. The Labute approximate surface area is 132 Å². The summed E-state index contributed by atoms with van der Waals surface area (Å²) in [7, 11) is 0. The Morgan fingerprint density at radius 3 is 2.95 bits per heavy atom. The molecule has 3 rings (SSSR count). The van der Waals surface area contributed by atoms with E-state index in [4.69, 9.17) is 0 Å². The van der Waals surface area contributed by atoms with Crippen molar-refractivity contribution in [2.75, 3.05) is 13.1 Å². The second kappa shape index (κ2) is 7.47. The molecular formula is C20H20N2. The van der Waals surface area contributed by atoms with Crippen LogP contribution in [0.1, 0.15) is 24.8 Å². The zero-order valence-corrected chi connectivity index (χ0v) is 12.7. The van der Waals surface area contributed by atoms with Crippen molar-refractivity contribution in [1.82, 2.24) is 9.88 Å². The van der Waals surface area contributed by atoms with Crippen LogP contribution in [-0.4, -0.2) is 23.0 Å². The molecule has 0 spiro atoms. The minimum atomic E-state index is 0.869. The third kappa shape index (κ3) is 3.99.